The molecule has 18 heteroatoms. The molecule has 0 spiro atoms. The van der Waals surface area contributed by atoms with Crippen LogP contribution in [0.2, 0.25) is 0 Å². The van der Waals surface area contributed by atoms with Crippen LogP contribution in [-0.2, 0) is 11.2 Å². The van der Waals surface area contributed by atoms with Gasteiger partial charge in [-0.2, -0.15) is 0 Å². The number of nitro groups is 3. The van der Waals surface area contributed by atoms with Gasteiger partial charge in [-0.1, -0.05) is 46.3 Å². The Morgan fingerprint density at radius 2 is 1.06 bits per heavy atom. The third kappa shape index (κ3) is 6.49. The number of Topliss-reactive ketones (excluding diaryl/α,β-unsaturated/α-hetero) is 3. The van der Waals surface area contributed by atoms with Crippen molar-refractivity contribution in [2.24, 2.45) is 0 Å². The molecule has 0 aromatic heterocycles. The number of rotatable bonds is 12. The second kappa shape index (κ2) is 14.2. The van der Waals surface area contributed by atoms with Crippen LogP contribution in [0.1, 0.15) is 36.6 Å². The van der Waals surface area contributed by atoms with Crippen molar-refractivity contribution in [3.8, 4) is 0 Å². The lowest BCUT2D eigenvalue weighted by Crippen LogP contribution is -2.83. The maximum Gasteiger partial charge on any atom is 0.269 e. The monoisotopic (exact) mass is 779 g/mol. The lowest BCUT2D eigenvalue weighted by molar-refractivity contribution is -0.385. The molecule has 5 rings (SSSR count). The molecule has 4 aromatic carbocycles. The quantitative estimate of drug-likeness (QED) is 0.0696. The zero-order chi connectivity index (χ0) is 38.2. The number of ether oxygens (including phenoxy) is 1. The van der Waals surface area contributed by atoms with Crippen molar-refractivity contribution < 1.29 is 54.3 Å². The van der Waals surface area contributed by atoms with E-state index < -0.39 is 106 Å². The maximum atomic E-state index is 14.5. The van der Waals surface area contributed by atoms with E-state index in [-0.39, 0.29) is 0 Å². The number of halogens is 1. The molecule has 1 unspecified atom stereocenters. The fourth-order valence-corrected chi connectivity index (χ4v) is 6.82. The molecule has 52 heavy (non-hydrogen) atoms. The van der Waals surface area contributed by atoms with Crippen LogP contribution in [0.15, 0.2) is 103 Å². The first kappa shape index (κ1) is 37.6. The van der Waals surface area contributed by atoms with E-state index in [1.54, 1.807) is 30.3 Å². The van der Waals surface area contributed by atoms with E-state index in [9.17, 15) is 65.2 Å². The van der Waals surface area contributed by atoms with Crippen molar-refractivity contribution >= 4 is 50.3 Å². The van der Waals surface area contributed by atoms with E-state index in [0.29, 0.717) is 5.56 Å². The number of carbonyl (C=O) groups excluding carboxylic acids is 3. The summed E-state index contributed by atoms with van der Waals surface area (Å²) < 4.78 is 3.63. The summed E-state index contributed by atoms with van der Waals surface area (Å²) >= 11 is 3.20. The first-order chi connectivity index (χ1) is 24.4. The molecule has 1 heterocycles. The number of hydrogen-bond donors (Lipinski definition) is 4. The predicted octanol–water partition coefficient (Wildman–Crippen LogP) is 3.28. The number of aliphatic hydroxyl groups is 4. The average molecular weight is 780 g/mol. The van der Waals surface area contributed by atoms with E-state index in [0.717, 1.165) is 72.8 Å². The molecule has 0 radical (unpaired) electrons. The van der Waals surface area contributed by atoms with Crippen molar-refractivity contribution in [2.75, 3.05) is 0 Å². The third-order valence-corrected chi connectivity index (χ3v) is 9.60. The molecular weight excluding hydrogens is 754 g/mol. The minimum absolute atomic E-state index is 0.380. The summed E-state index contributed by atoms with van der Waals surface area (Å²) in [4.78, 5) is 74.2. The number of hydrogen-bond acceptors (Lipinski definition) is 14. The van der Waals surface area contributed by atoms with Crippen LogP contribution in [0.25, 0.3) is 0 Å². The molecule has 4 N–H and O–H groups in total. The molecule has 0 amide bonds. The van der Waals surface area contributed by atoms with Gasteiger partial charge in [0.05, 0.1) is 14.8 Å². The van der Waals surface area contributed by atoms with Gasteiger partial charge in [-0.25, -0.2) is 0 Å². The Hall–Kier alpha value is -5.63. The summed E-state index contributed by atoms with van der Waals surface area (Å²) in [5.41, 5.74) is -10.2. The van der Waals surface area contributed by atoms with Crippen LogP contribution in [0.4, 0.5) is 17.1 Å². The zero-order valence-corrected chi connectivity index (χ0v) is 27.9. The summed E-state index contributed by atoms with van der Waals surface area (Å²) in [5, 5.41) is 82.7. The zero-order valence-electron chi connectivity index (χ0n) is 26.3. The Kier molecular flexibility index (Phi) is 10.3. The van der Waals surface area contributed by atoms with Crippen LogP contribution < -0.4 is 0 Å². The number of carbonyl (C=O) groups is 3. The molecule has 0 bridgehead atoms. The summed E-state index contributed by atoms with van der Waals surface area (Å²) in [5.74, 6) is -4.56. The molecule has 1 aliphatic rings. The largest absolute Gasteiger partial charge is 0.385 e. The average Bonchev–Trinajstić information content (AvgIpc) is 3.14. The number of non-ortho nitro benzene ring substituents is 3. The SMILES string of the molecule is O=C(c1ccc([N+](=O)[O-])cc1)C(O)[C@H]1O[C@@](Br)(Cc2ccccc2)[C@H](O)[C@](O)(C(=O)c2ccc([N+](=O)[O-])cc2)[C@@]1(O)C(=O)c1ccc([N+](=O)[O-])cc1. The van der Waals surface area contributed by atoms with Crippen LogP contribution in [-0.4, -0.2) is 86.6 Å². The molecule has 1 saturated heterocycles. The minimum atomic E-state index is -3.81. The molecular formula is C34H26BrN3O14. The minimum Gasteiger partial charge on any atom is -0.385 e. The molecule has 1 aliphatic heterocycles. The summed E-state index contributed by atoms with van der Waals surface area (Å²) in [6.45, 7) is 0. The van der Waals surface area contributed by atoms with Crippen LogP contribution in [0.3, 0.4) is 0 Å². The molecule has 0 saturated carbocycles. The summed E-state index contributed by atoms with van der Waals surface area (Å²) in [6, 6.07) is 18.6. The second-order valence-corrected chi connectivity index (χ2v) is 13.1. The number of nitrogens with zero attached hydrogens (tertiary/aromatic N) is 3. The van der Waals surface area contributed by atoms with Gasteiger partial charge in [0.1, 0.15) is 18.3 Å². The van der Waals surface area contributed by atoms with Gasteiger partial charge in [-0.3, -0.25) is 44.7 Å². The van der Waals surface area contributed by atoms with Crippen LogP contribution in [0.5, 0.6) is 0 Å². The number of benzene rings is 4. The fourth-order valence-electron chi connectivity index (χ4n) is 5.97. The van der Waals surface area contributed by atoms with Crippen molar-refractivity contribution in [2.45, 2.75) is 40.4 Å². The summed E-state index contributed by atoms with van der Waals surface area (Å²) in [6.07, 6.45) is -8.38. The van der Waals surface area contributed by atoms with Crippen LogP contribution in [0, 0.1) is 30.3 Å². The van der Waals surface area contributed by atoms with Gasteiger partial charge in [0.2, 0.25) is 11.6 Å². The Balaban J connectivity index is 1.76. The Bertz CT molecular complexity index is 2060. The predicted molar refractivity (Wildman–Crippen MR) is 181 cm³/mol. The number of nitro benzene ring substituents is 3. The molecule has 17 nitrogen and oxygen atoms in total. The lowest BCUT2D eigenvalue weighted by atomic mass is 9.62. The van der Waals surface area contributed by atoms with E-state index in [1.165, 1.54) is 0 Å². The van der Waals surface area contributed by atoms with Gasteiger partial charge in [-0.15, -0.1) is 0 Å². The van der Waals surface area contributed by atoms with Gasteiger partial charge in [0.15, 0.2) is 21.5 Å². The number of alkyl halides is 1. The summed E-state index contributed by atoms with van der Waals surface area (Å²) in [7, 11) is 0. The smallest absolute Gasteiger partial charge is 0.269 e. The van der Waals surface area contributed by atoms with Gasteiger partial charge in [-0.05, 0) is 42.0 Å². The highest BCUT2D eigenvalue weighted by Crippen LogP contribution is 2.51. The lowest BCUT2D eigenvalue weighted by Gasteiger charge is -2.57. The first-order valence-electron chi connectivity index (χ1n) is 15.0. The number of ketones is 3. The molecule has 1 fully saturated rings. The van der Waals surface area contributed by atoms with E-state index in [4.69, 9.17) is 4.74 Å². The number of aliphatic hydroxyl groups excluding tert-OH is 2. The van der Waals surface area contributed by atoms with Gasteiger partial charge >= 0.3 is 0 Å². The molecule has 6 atom stereocenters. The standard InChI is InChI=1S/C34H26BrN3O14/c35-32(18-19-4-2-1-3-5-19)31(43)34(45,29(42)22-10-16-25(17-11-22)38(50)51)33(44,28(41)21-8-14-24(15-9-21)37(48)49)30(52-32)27(40)26(39)20-6-12-23(13-7-20)36(46)47/h1-17,27,30-31,40,43-45H,18H2/t27?,30-,31+,32+,33-,34-/m1/s1. The Morgan fingerprint density at radius 1 is 0.673 bits per heavy atom. The normalized spacial score (nSPS) is 24.7. The van der Waals surface area contributed by atoms with Crippen molar-refractivity contribution in [1.82, 2.24) is 0 Å². The Morgan fingerprint density at radius 3 is 1.46 bits per heavy atom. The first-order valence-corrected chi connectivity index (χ1v) is 15.8. The van der Waals surface area contributed by atoms with E-state index >= 15 is 0 Å². The fraction of sp³-hybridized carbons (Fsp3) is 0.206. The van der Waals surface area contributed by atoms with Crippen LogP contribution >= 0.6 is 15.9 Å². The van der Waals surface area contributed by atoms with Crippen molar-refractivity contribution in [1.29, 1.82) is 0 Å². The van der Waals surface area contributed by atoms with E-state index in [1.807, 2.05) is 0 Å². The van der Waals surface area contributed by atoms with Gasteiger partial charge in [0.25, 0.3) is 17.1 Å². The molecule has 4 aromatic rings. The van der Waals surface area contributed by atoms with Crippen molar-refractivity contribution in [3.63, 3.8) is 0 Å². The van der Waals surface area contributed by atoms with Gasteiger partial charge < -0.3 is 25.2 Å². The van der Waals surface area contributed by atoms with Gasteiger partial charge in [0, 0.05) is 59.5 Å². The molecule has 268 valence electrons. The van der Waals surface area contributed by atoms with Crippen molar-refractivity contribution in [3.05, 3.63) is 156 Å². The maximum absolute atomic E-state index is 14.5. The Labute approximate surface area is 300 Å². The highest BCUT2D eigenvalue weighted by atomic mass is 79.9. The highest BCUT2D eigenvalue weighted by Gasteiger charge is 2.76. The second-order valence-electron chi connectivity index (χ2n) is 11.8. The third-order valence-electron chi connectivity index (χ3n) is 8.70. The van der Waals surface area contributed by atoms with E-state index in [2.05, 4.69) is 15.9 Å². The molecule has 0 aliphatic carbocycles. The highest BCUT2D eigenvalue weighted by molar-refractivity contribution is 9.10. The topological polar surface area (TPSA) is 271 Å².